The lowest BCUT2D eigenvalue weighted by molar-refractivity contribution is -0.385. The largest absolute Gasteiger partial charge is 0.374 e. The zero-order chi connectivity index (χ0) is 18.2. The molecular formula is C16H20N2O6S. The summed E-state index contributed by atoms with van der Waals surface area (Å²) in [5.74, 6) is -0.381. The number of hydrogen-bond acceptors (Lipinski definition) is 6. The number of carbonyl (C=O) groups excluding carboxylic acids is 1. The average molecular weight is 368 g/mol. The molecule has 2 atom stereocenters. The van der Waals surface area contributed by atoms with Crippen LogP contribution >= 0.6 is 0 Å². The lowest BCUT2D eigenvalue weighted by Gasteiger charge is -2.43. The Morgan fingerprint density at radius 2 is 2.00 bits per heavy atom. The quantitative estimate of drug-likeness (QED) is 0.595. The number of amides is 1. The predicted molar refractivity (Wildman–Crippen MR) is 89.2 cm³/mol. The SMILES string of the molecule is CS(=O)(=O)c1cc(C(=O)N2CCOC3CCCCC32)cc([N+](=O)[O-])c1. The maximum Gasteiger partial charge on any atom is 0.271 e. The number of hydrogen-bond donors (Lipinski definition) is 0. The first-order valence-corrected chi connectivity index (χ1v) is 10.1. The van der Waals surface area contributed by atoms with Gasteiger partial charge in [0.25, 0.3) is 11.6 Å². The minimum absolute atomic E-state index is 0.0143. The van der Waals surface area contributed by atoms with Gasteiger partial charge < -0.3 is 9.64 Å². The van der Waals surface area contributed by atoms with Crippen LogP contribution in [0.15, 0.2) is 23.1 Å². The summed E-state index contributed by atoms with van der Waals surface area (Å²) in [5, 5.41) is 11.1. The smallest absolute Gasteiger partial charge is 0.271 e. The van der Waals surface area contributed by atoms with E-state index in [-0.39, 0.29) is 28.5 Å². The van der Waals surface area contributed by atoms with Gasteiger partial charge in [-0.15, -0.1) is 0 Å². The van der Waals surface area contributed by atoms with Crippen molar-refractivity contribution in [2.75, 3.05) is 19.4 Å². The molecular weight excluding hydrogens is 348 g/mol. The van der Waals surface area contributed by atoms with Crippen LogP contribution < -0.4 is 0 Å². The van der Waals surface area contributed by atoms with Gasteiger partial charge in [0.15, 0.2) is 9.84 Å². The fourth-order valence-electron chi connectivity index (χ4n) is 3.54. The zero-order valence-corrected chi connectivity index (χ0v) is 14.7. The standard InChI is InChI=1S/C16H20N2O6S/c1-25(22,23)13-9-11(8-12(10-13)18(20)21)16(19)17-6-7-24-15-5-3-2-4-14(15)17/h8-10,14-15H,2-7H2,1H3. The molecule has 0 N–H and O–H groups in total. The highest BCUT2D eigenvalue weighted by Gasteiger charge is 2.37. The number of fused-ring (bicyclic) bond motifs is 1. The lowest BCUT2D eigenvalue weighted by Crippen LogP contribution is -2.54. The Bertz CT molecular complexity index is 805. The van der Waals surface area contributed by atoms with E-state index in [1.165, 1.54) is 6.07 Å². The van der Waals surface area contributed by atoms with E-state index >= 15 is 0 Å². The van der Waals surface area contributed by atoms with Crippen LogP contribution in [0.3, 0.4) is 0 Å². The monoisotopic (exact) mass is 368 g/mol. The number of morpholine rings is 1. The van der Waals surface area contributed by atoms with Crippen LogP contribution in [-0.4, -0.2) is 55.7 Å². The number of nitrogens with zero attached hydrogens (tertiary/aromatic N) is 2. The van der Waals surface area contributed by atoms with Crippen molar-refractivity contribution >= 4 is 21.4 Å². The molecule has 0 bridgehead atoms. The molecule has 1 aromatic carbocycles. The third-order valence-electron chi connectivity index (χ3n) is 4.77. The van der Waals surface area contributed by atoms with E-state index in [9.17, 15) is 23.3 Å². The van der Waals surface area contributed by atoms with E-state index in [1.807, 2.05) is 0 Å². The summed E-state index contributed by atoms with van der Waals surface area (Å²) in [5.41, 5.74) is -0.374. The van der Waals surface area contributed by atoms with Crippen molar-refractivity contribution in [1.82, 2.24) is 4.90 Å². The van der Waals surface area contributed by atoms with Gasteiger partial charge in [-0.1, -0.05) is 12.8 Å². The summed E-state index contributed by atoms with van der Waals surface area (Å²) in [6.07, 6.45) is 4.71. The molecule has 8 nitrogen and oxygen atoms in total. The summed E-state index contributed by atoms with van der Waals surface area (Å²) >= 11 is 0. The molecule has 1 heterocycles. The molecule has 1 amide bonds. The number of non-ortho nitro benzene ring substituents is 1. The topological polar surface area (TPSA) is 107 Å². The molecule has 0 aromatic heterocycles. The van der Waals surface area contributed by atoms with Crippen molar-refractivity contribution in [3.05, 3.63) is 33.9 Å². The van der Waals surface area contributed by atoms with Gasteiger partial charge in [-0.3, -0.25) is 14.9 Å². The fourth-order valence-corrected chi connectivity index (χ4v) is 4.22. The first-order valence-electron chi connectivity index (χ1n) is 8.19. The minimum Gasteiger partial charge on any atom is -0.374 e. The van der Waals surface area contributed by atoms with Crippen molar-refractivity contribution < 1.29 is 22.9 Å². The van der Waals surface area contributed by atoms with E-state index in [4.69, 9.17) is 4.74 Å². The van der Waals surface area contributed by atoms with E-state index in [2.05, 4.69) is 0 Å². The van der Waals surface area contributed by atoms with Crippen LogP contribution in [0.2, 0.25) is 0 Å². The third-order valence-corrected chi connectivity index (χ3v) is 5.86. The zero-order valence-electron chi connectivity index (χ0n) is 13.9. The molecule has 1 saturated carbocycles. The van der Waals surface area contributed by atoms with Gasteiger partial charge in [-0.25, -0.2) is 8.42 Å². The van der Waals surface area contributed by atoms with Gasteiger partial charge in [-0.2, -0.15) is 0 Å². The maximum atomic E-state index is 13.0. The number of nitro groups is 1. The molecule has 9 heteroatoms. The van der Waals surface area contributed by atoms with Gasteiger partial charge in [0.1, 0.15) is 0 Å². The van der Waals surface area contributed by atoms with Crippen molar-refractivity contribution in [3.63, 3.8) is 0 Å². The predicted octanol–water partition coefficient (Wildman–Crippen LogP) is 1.78. The van der Waals surface area contributed by atoms with Crippen molar-refractivity contribution in [2.45, 2.75) is 42.7 Å². The second-order valence-corrected chi connectivity index (χ2v) is 8.52. The molecule has 3 rings (SSSR count). The Labute approximate surface area is 145 Å². The number of benzene rings is 1. The Kier molecular flexibility index (Phi) is 4.79. The molecule has 136 valence electrons. The van der Waals surface area contributed by atoms with Gasteiger partial charge in [0.2, 0.25) is 0 Å². The summed E-state index contributed by atoms with van der Waals surface area (Å²) in [6, 6.07) is 3.29. The average Bonchev–Trinajstić information content (AvgIpc) is 2.59. The summed E-state index contributed by atoms with van der Waals surface area (Å²) in [7, 11) is -3.67. The Balaban J connectivity index is 1.98. The minimum atomic E-state index is -3.67. The number of nitro benzene ring substituents is 1. The molecule has 1 saturated heterocycles. The number of sulfone groups is 1. The molecule has 1 aromatic rings. The Morgan fingerprint density at radius 1 is 1.28 bits per heavy atom. The third kappa shape index (κ3) is 3.67. The van der Waals surface area contributed by atoms with Crippen molar-refractivity contribution in [3.8, 4) is 0 Å². The highest BCUT2D eigenvalue weighted by molar-refractivity contribution is 7.90. The first kappa shape index (κ1) is 17.8. The van der Waals surface area contributed by atoms with E-state index < -0.39 is 20.4 Å². The number of carbonyl (C=O) groups is 1. The van der Waals surface area contributed by atoms with Crippen LogP contribution in [0.4, 0.5) is 5.69 Å². The molecule has 1 aliphatic carbocycles. The van der Waals surface area contributed by atoms with Crippen molar-refractivity contribution in [2.24, 2.45) is 0 Å². The molecule has 2 aliphatic rings. The number of rotatable bonds is 3. The highest BCUT2D eigenvalue weighted by atomic mass is 32.2. The highest BCUT2D eigenvalue weighted by Crippen LogP contribution is 2.30. The van der Waals surface area contributed by atoms with Gasteiger partial charge >= 0.3 is 0 Å². The van der Waals surface area contributed by atoms with Gasteiger partial charge in [0.05, 0.1) is 28.6 Å². The second kappa shape index (κ2) is 6.72. The Hall–Kier alpha value is -2.00. The summed E-state index contributed by atoms with van der Waals surface area (Å²) < 4.78 is 29.4. The van der Waals surface area contributed by atoms with Crippen LogP contribution in [0.1, 0.15) is 36.0 Å². The van der Waals surface area contributed by atoms with E-state index in [0.717, 1.165) is 44.1 Å². The lowest BCUT2D eigenvalue weighted by atomic mass is 9.89. The molecule has 0 spiro atoms. The first-order chi connectivity index (χ1) is 11.8. The number of ether oxygens (including phenoxy) is 1. The second-order valence-electron chi connectivity index (χ2n) is 6.50. The molecule has 0 radical (unpaired) electrons. The summed E-state index contributed by atoms with van der Waals surface area (Å²) in [6.45, 7) is 0.817. The normalized spacial score (nSPS) is 23.8. The van der Waals surface area contributed by atoms with Gasteiger partial charge in [-0.05, 0) is 18.9 Å². The van der Waals surface area contributed by atoms with Crippen LogP contribution in [0, 0.1) is 10.1 Å². The van der Waals surface area contributed by atoms with Crippen molar-refractivity contribution in [1.29, 1.82) is 0 Å². The van der Waals surface area contributed by atoms with E-state index in [1.54, 1.807) is 4.90 Å². The van der Waals surface area contributed by atoms with E-state index in [0.29, 0.717) is 13.2 Å². The Morgan fingerprint density at radius 3 is 2.68 bits per heavy atom. The molecule has 1 aliphatic heterocycles. The van der Waals surface area contributed by atoms with Gasteiger partial charge in [0, 0.05) is 30.5 Å². The van der Waals surface area contributed by atoms with Crippen LogP contribution in [0.5, 0.6) is 0 Å². The summed E-state index contributed by atoms with van der Waals surface area (Å²) in [4.78, 5) is 24.9. The van der Waals surface area contributed by atoms with Crippen LogP contribution in [0.25, 0.3) is 0 Å². The molecule has 25 heavy (non-hydrogen) atoms. The fraction of sp³-hybridized carbons (Fsp3) is 0.562. The molecule has 2 fully saturated rings. The van der Waals surface area contributed by atoms with Crippen LogP contribution in [-0.2, 0) is 14.6 Å². The molecule has 2 unspecified atom stereocenters. The maximum absolute atomic E-state index is 13.0.